The molecule has 4 atom stereocenters. The van der Waals surface area contributed by atoms with Crippen LogP contribution < -0.4 is 5.32 Å². The number of fused-ring (bicyclic) bond motifs is 5. The third kappa shape index (κ3) is 0.692. The number of rotatable bonds is 0. The van der Waals surface area contributed by atoms with Crippen molar-refractivity contribution in [1.29, 1.82) is 0 Å². The average Bonchev–Trinajstić information content (AvgIpc) is 2.64. The minimum atomic E-state index is -0.321. The summed E-state index contributed by atoms with van der Waals surface area (Å²) in [5, 5.41) is 2.31. The molecule has 4 heteroatoms. The van der Waals surface area contributed by atoms with E-state index in [1.807, 2.05) is 0 Å². The van der Waals surface area contributed by atoms with Crippen LogP contribution in [0.2, 0.25) is 0 Å². The highest BCUT2D eigenvalue weighted by atomic mass is 16.2. The van der Waals surface area contributed by atoms with E-state index < -0.39 is 0 Å². The summed E-state index contributed by atoms with van der Waals surface area (Å²) in [6, 6.07) is 0. The zero-order valence-electron chi connectivity index (χ0n) is 6.95. The molecule has 0 aromatic carbocycles. The maximum atomic E-state index is 11.3. The Balaban J connectivity index is 2.05. The fourth-order valence-electron chi connectivity index (χ4n) is 3.13. The van der Waals surface area contributed by atoms with Crippen molar-refractivity contribution in [2.75, 3.05) is 0 Å². The van der Waals surface area contributed by atoms with Crippen molar-refractivity contribution in [2.24, 2.45) is 23.7 Å². The van der Waals surface area contributed by atoms with Gasteiger partial charge in [0, 0.05) is 12.3 Å². The zero-order valence-corrected chi connectivity index (χ0v) is 6.95. The average molecular weight is 179 g/mol. The molecule has 1 aliphatic heterocycles. The van der Waals surface area contributed by atoms with Gasteiger partial charge in [-0.2, -0.15) is 0 Å². The summed E-state index contributed by atoms with van der Waals surface area (Å²) in [6.45, 7) is 0. The second-order valence-corrected chi connectivity index (χ2v) is 4.18. The summed E-state index contributed by atoms with van der Waals surface area (Å²) >= 11 is 0. The van der Waals surface area contributed by atoms with Crippen LogP contribution in [0.4, 0.5) is 0 Å². The summed E-state index contributed by atoms with van der Waals surface area (Å²) in [5.74, 6) is -0.717. The zero-order chi connectivity index (χ0) is 9.16. The van der Waals surface area contributed by atoms with Crippen molar-refractivity contribution in [3.8, 4) is 0 Å². The first-order valence-corrected chi connectivity index (χ1v) is 4.56. The van der Waals surface area contributed by atoms with Crippen LogP contribution in [-0.2, 0) is 14.4 Å². The van der Waals surface area contributed by atoms with E-state index >= 15 is 0 Å². The van der Waals surface area contributed by atoms with Crippen molar-refractivity contribution in [3.05, 3.63) is 0 Å². The van der Waals surface area contributed by atoms with Crippen molar-refractivity contribution in [2.45, 2.75) is 12.8 Å². The normalized spacial score (nSPS) is 46.9. The molecule has 1 heterocycles. The molecule has 2 aliphatic carbocycles. The van der Waals surface area contributed by atoms with Gasteiger partial charge in [-0.1, -0.05) is 0 Å². The van der Waals surface area contributed by atoms with Gasteiger partial charge in [0.1, 0.15) is 5.78 Å². The highest BCUT2D eigenvalue weighted by molar-refractivity contribution is 6.09. The molecule has 1 saturated heterocycles. The Kier molecular flexibility index (Phi) is 1.11. The van der Waals surface area contributed by atoms with Gasteiger partial charge in [-0.3, -0.25) is 19.7 Å². The predicted octanol–water partition coefficient (Wildman–Crippen LogP) is -0.516. The van der Waals surface area contributed by atoms with Crippen LogP contribution in [0.1, 0.15) is 12.8 Å². The van der Waals surface area contributed by atoms with Crippen molar-refractivity contribution >= 4 is 17.6 Å². The molecular weight excluding hydrogens is 170 g/mol. The summed E-state index contributed by atoms with van der Waals surface area (Å²) in [6.07, 6.45) is 1.26. The lowest BCUT2D eigenvalue weighted by Gasteiger charge is -2.18. The number of amides is 2. The minimum absolute atomic E-state index is 0.147. The SMILES string of the molecule is O=C1NC(=O)[C@@H]2[C@H]1[C@@H]1CC(=O)[C@H]2C1. The van der Waals surface area contributed by atoms with Gasteiger partial charge in [0.25, 0.3) is 0 Å². The van der Waals surface area contributed by atoms with Crippen molar-refractivity contribution in [1.82, 2.24) is 5.32 Å². The molecular formula is C9H9NO3. The highest BCUT2D eigenvalue weighted by Crippen LogP contribution is 2.52. The Hall–Kier alpha value is -1.19. The summed E-state index contributed by atoms with van der Waals surface area (Å²) < 4.78 is 0. The first-order valence-electron chi connectivity index (χ1n) is 4.56. The fourth-order valence-corrected chi connectivity index (χ4v) is 3.13. The minimum Gasteiger partial charge on any atom is -0.299 e. The second-order valence-electron chi connectivity index (χ2n) is 4.18. The van der Waals surface area contributed by atoms with Gasteiger partial charge in [0.05, 0.1) is 11.8 Å². The van der Waals surface area contributed by atoms with E-state index in [1.54, 1.807) is 0 Å². The fraction of sp³-hybridized carbons (Fsp3) is 0.667. The van der Waals surface area contributed by atoms with Crippen LogP contribution in [0.15, 0.2) is 0 Å². The van der Waals surface area contributed by atoms with E-state index in [0.29, 0.717) is 6.42 Å². The molecule has 68 valence electrons. The van der Waals surface area contributed by atoms with E-state index in [2.05, 4.69) is 5.32 Å². The molecule has 0 spiro atoms. The molecule has 1 N–H and O–H groups in total. The maximum Gasteiger partial charge on any atom is 0.231 e. The molecule has 3 rings (SSSR count). The van der Waals surface area contributed by atoms with Gasteiger partial charge in [0.15, 0.2) is 0 Å². The van der Waals surface area contributed by atoms with Gasteiger partial charge in [-0.25, -0.2) is 0 Å². The number of nitrogens with one attached hydrogen (secondary N) is 1. The van der Waals surface area contributed by atoms with E-state index in [9.17, 15) is 14.4 Å². The van der Waals surface area contributed by atoms with Crippen LogP contribution in [0, 0.1) is 23.7 Å². The number of hydrogen-bond acceptors (Lipinski definition) is 3. The van der Waals surface area contributed by atoms with Crippen LogP contribution in [0.25, 0.3) is 0 Å². The highest BCUT2D eigenvalue weighted by Gasteiger charge is 2.61. The lowest BCUT2D eigenvalue weighted by atomic mass is 9.80. The van der Waals surface area contributed by atoms with Gasteiger partial charge in [0.2, 0.25) is 11.8 Å². The van der Waals surface area contributed by atoms with Crippen molar-refractivity contribution in [3.63, 3.8) is 0 Å². The lowest BCUT2D eigenvalue weighted by molar-refractivity contribution is -0.131. The quantitative estimate of drug-likeness (QED) is 0.509. The van der Waals surface area contributed by atoms with Crippen LogP contribution in [0.5, 0.6) is 0 Å². The summed E-state index contributed by atoms with van der Waals surface area (Å²) in [7, 11) is 0. The van der Waals surface area contributed by atoms with E-state index in [0.717, 1.165) is 6.42 Å². The molecule has 0 aromatic heterocycles. The van der Waals surface area contributed by atoms with Crippen molar-refractivity contribution < 1.29 is 14.4 Å². The van der Waals surface area contributed by atoms with E-state index in [-0.39, 0.29) is 41.3 Å². The predicted molar refractivity (Wildman–Crippen MR) is 41.4 cm³/mol. The maximum absolute atomic E-state index is 11.3. The third-order valence-electron chi connectivity index (χ3n) is 3.61. The Bertz CT molecular complexity index is 336. The van der Waals surface area contributed by atoms with E-state index in [4.69, 9.17) is 0 Å². The molecule has 4 nitrogen and oxygen atoms in total. The standard InChI is InChI=1S/C9H9NO3/c11-5-2-3-1-4(5)7-6(3)8(12)10-9(7)13/h3-4,6-7H,1-2H2,(H,10,12,13)/t3-,4+,6+,7-/m0/s1. The molecule has 2 bridgehead atoms. The Labute approximate surface area is 74.7 Å². The number of hydrogen-bond donors (Lipinski definition) is 1. The molecule has 3 aliphatic rings. The third-order valence-corrected chi connectivity index (χ3v) is 3.61. The number of imide groups is 1. The van der Waals surface area contributed by atoms with Gasteiger partial charge >= 0.3 is 0 Å². The first kappa shape index (κ1) is 7.24. The summed E-state index contributed by atoms with van der Waals surface area (Å²) in [4.78, 5) is 34.0. The molecule has 2 amide bonds. The van der Waals surface area contributed by atoms with Crippen LogP contribution in [-0.4, -0.2) is 17.6 Å². The summed E-state index contributed by atoms with van der Waals surface area (Å²) in [5.41, 5.74) is 0. The molecule has 2 saturated carbocycles. The molecule has 0 aromatic rings. The largest absolute Gasteiger partial charge is 0.299 e. The lowest BCUT2D eigenvalue weighted by Crippen LogP contribution is -2.30. The van der Waals surface area contributed by atoms with Gasteiger partial charge in [-0.05, 0) is 12.3 Å². The Morgan fingerprint density at radius 3 is 2.54 bits per heavy atom. The smallest absolute Gasteiger partial charge is 0.231 e. The monoisotopic (exact) mass is 179 g/mol. The topological polar surface area (TPSA) is 63.2 Å². The van der Waals surface area contributed by atoms with Crippen LogP contribution >= 0.6 is 0 Å². The number of ketones is 1. The second kappa shape index (κ2) is 2.00. The van der Waals surface area contributed by atoms with E-state index in [1.165, 1.54) is 0 Å². The van der Waals surface area contributed by atoms with Gasteiger partial charge < -0.3 is 0 Å². The first-order chi connectivity index (χ1) is 6.18. The Morgan fingerprint density at radius 1 is 1.08 bits per heavy atom. The Morgan fingerprint density at radius 2 is 1.77 bits per heavy atom. The molecule has 3 fully saturated rings. The van der Waals surface area contributed by atoms with Gasteiger partial charge in [-0.15, -0.1) is 0 Å². The number of carbonyl (C=O) groups is 3. The number of carbonyl (C=O) groups excluding carboxylic acids is 3. The molecule has 0 unspecified atom stereocenters. The molecule has 13 heavy (non-hydrogen) atoms. The number of Topliss-reactive ketones (excluding diaryl/α,β-unsaturated/α-hetero) is 1. The van der Waals surface area contributed by atoms with Crippen LogP contribution in [0.3, 0.4) is 0 Å². The molecule has 0 radical (unpaired) electrons.